The van der Waals surface area contributed by atoms with Gasteiger partial charge in [0.05, 0.1) is 17.3 Å². The lowest BCUT2D eigenvalue weighted by atomic mass is 10.2. The first-order valence-corrected chi connectivity index (χ1v) is 8.53. The maximum atomic E-state index is 11.9. The third-order valence-electron chi connectivity index (χ3n) is 3.61. The molecule has 6 nitrogen and oxygen atoms in total. The van der Waals surface area contributed by atoms with E-state index in [1.807, 2.05) is 37.2 Å². The van der Waals surface area contributed by atoms with Crippen LogP contribution in [0.25, 0.3) is 0 Å². The summed E-state index contributed by atoms with van der Waals surface area (Å²) in [5.41, 5.74) is 1.66. The molecule has 1 saturated heterocycles. The minimum Gasteiger partial charge on any atom is -0.376 e. The Morgan fingerprint density at radius 1 is 1.43 bits per heavy atom. The minimum atomic E-state index is 0.162. The SMILES string of the molecule is CN(C)c1nc(CNc2cc(N3CCCC3=O)ccc2Cl)ns1. The average molecular weight is 352 g/mol. The first-order chi connectivity index (χ1) is 11.0. The zero-order valence-electron chi connectivity index (χ0n) is 13.0. The van der Waals surface area contributed by atoms with Crippen LogP contribution in [0.2, 0.25) is 5.02 Å². The second-order valence-electron chi connectivity index (χ2n) is 5.55. The summed E-state index contributed by atoms with van der Waals surface area (Å²) in [7, 11) is 3.87. The van der Waals surface area contributed by atoms with Crippen molar-refractivity contribution in [3.63, 3.8) is 0 Å². The summed E-state index contributed by atoms with van der Waals surface area (Å²) in [6.45, 7) is 1.25. The monoisotopic (exact) mass is 351 g/mol. The number of nitrogens with zero attached hydrogens (tertiary/aromatic N) is 4. The van der Waals surface area contributed by atoms with Gasteiger partial charge in [-0.2, -0.15) is 4.37 Å². The van der Waals surface area contributed by atoms with Crippen LogP contribution in [0.4, 0.5) is 16.5 Å². The van der Waals surface area contributed by atoms with Gasteiger partial charge in [-0.05, 0) is 24.6 Å². The number of anilines is 3. The van der Waals surface area contributed by atoms with Crippen molar-refractivity contribution in [1.82, 2.24) is 9.36 Å². The summed E-state index contributed by atoms with van der Waals surface area (Å²) in [5.74, 6) is 0.882. The molecule has 8 heteroatoms. The largest absolute Gasteiger partial charge is 0.376 e. The van der Waals surface area contributed by atoms with E-state index in [0.29, 0.717) is 18.0 Å². The molecule has 0 saturated carbocycles. The van der Waals surface area contributed by atoms with Gasteiger partial charge >= 0.3 is 0 Å². The quantitative estimate of drug-likeness (QED) is 0.897. The molecule has 1 aromatic heterocycles. The first kappa shape index (κ1) is 16.0. The molecule has 2 aromatic rings. The van der Waals surface area contributed by atoms with Crippen LogP contribution in [0.5, 0.6) is 0 Å². The summed E-state index contributed by atoms with van der Waals surface area (Å²) in [4.78, 5) is 20.0. The van der Waals surface area contributed by atoms with Crippen LogP contribution in [0.1, 0.15) is 18.7 Å². The van der Waals surface area contributed by atoms with Crippen molar-refractivity contribution in [2.75, 3.05) is 35.8 Å². The molecular formula is C15H18ClN5OS. The average Bonchev–Trinajstić information content (AvgIpc) is 3.15. The van der Waals surface area contributed by atoms with Gasteiger partial charge < -0.3 is 15.1 Å². The summed E-state index contributed by atoms with van der Waals surface area (Å²) in [6, 6.07) is 5.59. The standard InChI is InChI=1S/C15H18ClN5OS/c1-20(2)15-18-13(19-23-15)9-17-12-8-10(5-6-11(12)16)21-7-3-4-14(21)22/h5-6,8,17H,3-4,7,9H2,1-2H3. The van der Waals surface area contributed by atoms with Crippen molar-refractivity contribution < 1.29 is 4.79 Å². The molecule has 0 aliphatic carbocycles. The number of rotatable bonds is 5. The van der Waals surface area contributed by atoms with Gasteiger partial charge in [-0.3, -0.25) is 4.79 Å². The second-order valence-corrected chi connectivity index (χ2v) is 6.69. The molecule has 2 heterocycles. The lowest BCUT2D eigenvalue weighted by Crippen LogP contribution is -2.23. The van der Waals surface area contributed by atoms with Gasteiger partial charge in [0.15, 0.2) is 5.82 Å². The van der Waals surface area contributed by atoms with E-state index in [-0.39, 0.29) is 5.91 Å². The van der Waals surface area contributed by atoms with Gasteiger partial charge in [-0.1, -0.05) is 11.6 Å². The molecule has 122 valence electrons. The Kier molecular flexibility index (Phi) is 4.68. The smallest absolute Gasteiger partial charge is 0.227 e. The maximum absolute atomic E-state index is 11.9. The molecule has 1 N–H and O–H groups in total. The number of hydrogen-bond donors (Lipinski definition) is 1. The molecule has 0 atom stereocenters. The summed E-state index contributed by atoms with van der Waals surface area (Å²) < 4.78 is 4.31. The van der Waals surface area contributed by atoms with E-state index in [2.05, 4.69) is 14.7 Å². The predicted octanol–water partition coefficient (Wildman–Crippen LogP) is 3.00. The molecule has 0 radical (unpaired) electrons. The first-order valence-electron chi connectivity index (χ1n) is 7.38. The van der Waals surface area contributed by atoms with Gasteiger partial charge in [0.1, 0.15) is 0 Å². The highest BCUT2D eigenvalue weighted by molar-refractivity contribution is 7.09. The van der Waals surface area contributed by atoms with E-state index >= 15 is 0 Å². The summed E-state index contributed by atoms with van der Waals surface area (Å²) in [5, 5.41) is 4.73. The zero-order valence-corrected chi connectivity index (χ0v) is 14.6. The fraction of sp³-hybridized carbons (Fsp3) is 0.400. The highest BCUT2D eigenvalue weighted by atomic mass is 35.5. The van der Waals surface area contributed by atoms with Crippen molar-refractivity contribution in [2.45, 2.75) is 19.4 Å². The normalized spacial score (nSPS) is 14.4. The number of hydrogen-bond acceptors (Lipinski definition) is 6. The number of halogens is 1. The van der Waals surface area contributed by atoms with E-state index in [0.717, 1.165) is 35.3 Å². The van der Waals surface area contributed by atoms with Gasteiger partial charge in [0, 0.05) is 44.3 Å². The van der Waals surface area contributed by atoms with E-state index in [9.17, 15) is 4.79 Å². The van der Waals surface area contributed by atoms with Crippen molar-refractivity contribution in [3.8, 4) is 0 Å². The third-order valence-corrected chi connectivity index (χ3v) is 4.86. The predicted molar refractivity (Wildman–Crippen MR) is 94.6 cm³/mol. The molecule has 0 unspecified atom stereocenters. The fourth-order valence-electron chi connectivity index (χ4n) is 2.41. The van der Waals surface area contributed by atoms with Crippen LogP contribution < -0.4 is 15.1 Å². The van der Waals surface area contributed by atoms with Gasteiger partial charge in [-0.25, -0.2) is 4.98 Å². The molecule has 1 fully saturated rings. The van der Waals surface area contributed by atoms with Crippen molar-refractivity contribution >= 4 is 45.5 Å². The Labute approximate surface area is 144 Å². The Hall–Kier alpha value is -1.86. The molecule has 0 bridgehead atoms. The fourth-order valence-corrected chi connectivity index (χ4v) is 3.20. The molecule has 1 aliphatic rings. The van der Waals surface area contributed by atoms with Crippen LogP contribution in [0.3, 0.4) is 0 Å². The van der Waals surface area contributed by atoms with Crippen molar-refractivity contribution in [2.24, 2.45) is 0 Å². The lowest BCUT2D eigenvalue weighted by molar-refractivity contribution is -0.117. The molecule has 1 aliphatic heterocycles. The number of aromatic nitrogens is 2. The van der Waals surface area contributed by atoms with Crippen LogP contribution >= 0.6 is 23.1 Å². The Balaban J connectivity index is 1.72. The maximum Gasteiger partial charge on any atom is 0.227 e. The highest BCUT2D eigenvalue weighted by Crippen LogP contribution is 2.30. The van der Waals surface area contributed by atoms with Crippen LogP contribution in [-0.2, 0) is 11.3 Å². The Morgan fingerprint density at radius 3 is 2.91 bits per heavy atom. The lowest BCUT2D eigenvalue weighted by Gasteiger charge is -2.17. The minimum absolute atomic E-state index is 0.162. The number of benzene rings is 1. The second kappa shape index (κ2) is 6.72. The molecule has 23 heavy (non-hydrogen) atoms. The van der Waals surface area contributed by atoms with Gasteiger partial charge in [0.25, 0.3) is 0 Å². The third kappa shape index (κ3) is 3.56. The molecule has 0 spiro atoms. The zero-order chi connectivity index (χ0) is 16.4. The number of carbonyl (C=O) groups is 1. The topological polar surface area (TPSA) is 61.4 Å². The molecule has 1 amide bonds. The summed E-state index contributed by atoms with van der Waals surface area (Å²) in [6.07, 6.45) is 1.52. The Bertz CT molecular complexity index is 718. The molecular weight excluding hydrogens is 334 g/mol. The summed E-state index contributed by atoms with van der Waals surface area (Å²) >= 11 is 7.61. The van der Waals surface area contributed by atoms with Gasteiger partial charge in [0.2, 0.25) is 11.0 Å². The van der Waals surface area contributed by atoms with E-state index in [1.54, 1.807) is 4.90 Å². The van der Waals surface area contributed by atoms with E-state index in [4.69, 9.17) is 11.6 Å². The van der Waals surface area contributed by atoms with Crippen molar-refractivity contribution in [1.29, 1.82) is 0 Å². The van der Waals surface area contributed by atoms with E-state index in [1.165, 1.54) is 11.5 Å². The van der Waals surface area contributed by atoms with Gasteiger partial charge in [-0.15, -0.1) is 0 Å². The number of nitrogens with one attached hydrogen (secondary N) is 1. The number of carbonyl (C=O) groups excluding carboxylic acids is 1. The van der Waals surface area contributed by atoms with Crippen LogP contribution in [0, 0.1) is 0 Å². The van der Waals surface area contributed by atoms with Crippen molar-refractivity contribution in [3.05, 3.63) is 29.0 Å². The van der Waals surface area contributed by atoms with Crippen LogP contribution in [-0.4, -0.2) is 35.9 Å². The molecule has 3 rings (SSSR count). The molecule has 1 aromatic carbocycles. The van der Waals surface area contributed by atoms with E-state index < -0.39 is 0 Å². The Morgan fingerprint density at radius 2 is 2.26 bits per heavy atom. The van der Waals surface area contributed by atoms with Crippen LogP contribution in [0.15, 0.2) is 18.2 Å². The highest BCUT2D eigenvalue weighted by Gasteiger charge is 2.22. The number of amides is 1.